The SMILES string of the molecule is COc1cc(C)c(S(=O)(=O)N[C@@H](C)CN)cc1Cl. The van der Waals surface area contributed by atoms with Crippen molar-refractivity contribution >= 4 is 21.6 Å². The summed E-state index contributed by atoms with van der Waals surface area (Å²) in [5.74, 6) is 0.444. The third-order valence-electron chi connectivity index (χ3n) is 2.45. The zero-order valence-electron chi connectivity index (χ0n) is 10.5. The van der Waals surface area contributed by atoms with Gasteiger partial charge in [-0.25, -0.2) is 13.1 Å². The second-order valence-corrected chi connectivity index (χ2v) is 6.10. The Kier molecular flexibility index (Phi) is 4.98. The summed E-state index contributed by atoms with van der Waals surface area (Å²) in [6.07, 6.45) is 0. The van der Waals surface area contributed by atoms with Gasteiger partial charge in [0.25, 0.3) is 0 Å². The van der Waals surface area contributed by atoms with Crippen molar-refractivity contribution in [2.75, 3.05) is 13.7 Å². The second kappa shape index (κ2) is 5.88. The van der Waals surface area contributed by atoms with E-state index in [-0.39, 0.29) is 22.5 Å². The van der Waals surface area contributed by atoms with E-state index in [1.165, 1.54) is 13.2 Å². The molecule has 102 valence electrons. The van der Waals surface area contributed by atoms with Crippen LogP contribution >= 0.6 is 11.6 Å². The minimum atomic E-state index is -3.62. The van der Waals surface area contributed by atoms with Crippen molar-refractivity contribution in [3.8, 4) is 5.75 Å². The maximum atomic E-state index is 12.1. The monoisotopic (exact) mass is 292 g/mol. The number of ether oxygens (including phenoxy) is 1. The summed E-state index contributed by atoms with van der Waals surface area (Å²) in [7, 11) is -2.14. The second-order valence-electron chi connectivity index (χ2n) is 4.01. The predicted octanol–water partition coefficient (Wildman–Crippen LogP) is 1.28. The van der Waals surface area contributed by atoms with Crippen molar-refractivity contribution < 1.29 is 13.2 Å². The molecule has 3 N–H and O–H groups in total. The van der Waals surface area contributed by atoms with Crippen molar-refractivity contribution in [2.45, 2.75) is 24.8 Å². The highest BCUT2D eigenvalue weighted by atomic mass is 35.5. The fourth-order valence-corrected chi connectivity index (χ4v) is 3.27. The third kappa shape index (κ3) is 3.35. The minimum Gasteiger partial charge on any atom is -0.495 e. The van der Waals surface area contributed by atoms with E-state index < -0.39 is 10.0 Å². The van der Waals surface area contributed by atoms with Gasteiger partial charge >= 0.3 is 0 Å². The molecule has 0 radical (unpaired) electrons. The van der Waals surface area contributed by atoms with E-state index in [4.69, 9.17) is 22.1 Å². The van der Waals surface area contributed by atoms with Gasteiger partial charge in [-0.3, -0.25) is 0 Å². The molecule has 1 rings (SSSR count). The average molecular weight is 293 g/mol. The Morgan fingerprint density at radius 2 is 2.11 bits per heavy atom. The largest absolute Gasteiger partial charge is 0.495 e. The van der Waals surface area contributed by atoms with E-state index in [1.807, 2.05) is 0 Å². The molecule has 1 aromatic rings. The third-order valence-corrected chi connectivity index (χ3v) is 4.48. The van der Waals surface area contributed by atoms with Gasteiger partial charge in [0.15, 0.2) is 0 Å². The lowest BCUT2D eigenvalue weighted by atomic mass is 10.2. The summed E-state index contributed by atoms with van der Waals surface area (Å²) in [6, 6.07) is 2.63. The lowest BCUT2D eigenvalue weighted by molar-refractivity contribution is 0.414. The van der Waals surface area contributed by atoms with E-state index >= 15 is 0 Å². The van der Waals surface area contributed by atoms with Gasteiger partial charge < -0.3 is 10.5 Å². The number of aryl methyl sites for hydroxylation is 1. The molecule has 1 aromatic carbocycles. The predicted molar refractivity (Wildman–Crippen MR) is 71.6 cm³/mol. The normalized spacial score (nSPS) is 13.4. The van der Waals surface area contributed by atoms with Crippen molar-refractivity contribution in [3.63, 3.8) is 0 Å². The van der Waals surface area contributed by atoms with Crippen LogP contribution in [-0.2, 0) is 10.0 Å². The molecule has 0 aliphatic carbocycles. The van der Waals surface area contributed by atoms with E-state index in [0.717, 1.165) is 0 Å². The molecule has 0 fully saturated rings. The van der Waals surface area contributed by atoms with Crippen LogP contribution in [0.25, 0.3) is 0 Å². The Morgan fingerprint density at radius 3 is 2.61 bits per heavy atom. The summed E-state index contributed by atoms with van der Waals surface area (Å²) >= 11 is 5.94. The number of hydrogen-bond donors (Lipinski definition) is 2. The molecule has 5 nitrogen and oxygen atoms in total. The first-order valence-corrected chi connectivity index (χ1v) is 7.24. The van der Waals surface area contributed by atoms with Crippen molar-refractivity contribution in [1.82, 2.24) is 4.72 Å². The first-order chi connectivity index (χ1) is 8.31. The first-order valence-electron chi connectivity index (χ1n) is 5.38. The summed E-state index contributed by atoms with van der Waals surface area (Å²) in [4.78, 5) is 0.133. The van der Waals surface area contributed by atoms with Gasteiger partial charge in [0.05, 0.1) is 17.0 Å². The van der Waals surface area contributed by atoms with Gasteiger partial charge in [-0.1, -0.05) is 11.6 Å². The maximum absolute atomic E-state index is 12.1. The molecule has 1 atom stereocenters. The first kappa shape index (κ1) is 15.2. The highest BCUT2D eigenvalue weighted by Crippen LogP contribution is 2.30. The van der Waals surface area contributed by atoms with Gasteiger partial charge in [0.1, 0.15) is 5.75 Å². The molecule has 18 heavy (non-hydrogen) atoms. The van der Waals surface area contributed by atoms with Crippen molar-refractivity contribution in [3.05, 3.63) is 22.7 Å². The Bertz CT molecular complexity index is 531. The van der Waals surface area contributed by atoms with E-state index in [0.29, 0.717) is 11.3 Å². The van der Waals surface area contributed by atoms with Crippen LogP contribution in [0.2, 0.25) is 5.02 Å². The van der Waals surface area contributed by atoms with E-state index in [2.05, 4.69) is 4.72 Å². The standard InChI is InChI=1S/C11H17ClN2O3S/c1-7-4-10(17-3)9(12)5-11(7)18(15,16)14-8(2)6-13/h4-5,8,14H,6,13H2,1-3H3/t8-/m0/s1. The van der Waals surface area contributed by atoms with Crippen LogP contribution in [-0.4, -0.2) is 28.1 Å². The molecule has 0 unspecified atom stereocenters. The zero-order chi connectivity index (χ0) is 13.9. The van der Waals surface area contributed by atoms with E-state index in [1.54, 1.807) is 19.9 Å². The van der Waals surface area contributed by atoms with Crippen LogP contribution in [0.1, 0.15) is 12.5 Å². The number of nitrogens with two attached hydrogens (primary N) is 1. The van der Waals surface area contributed by atoms with Crippen LogP contribution in [0, 0.1) is 6.92 Å². The van der Waals surface area contributed by atoms with Crippen LogP contribution in [0.15, 0.2) is 17.0 Å². The molecule has 0 heterocycles. The summed E-state index contributed by atoms with van der Waals surface area (Å²) in [5.41, 5.74) is 5.96. The van der Waals surface area contributed by atoms with Crippen molar-refractivity contribution in [2.24, 2.45) is 5.73 Å². The number of nitrogens with one attached hydrogen (secondary N) is 1. The fourth-order valence-electron chi connectivity index (χ4n) is 1.46. The van der Waals surface area contributed by atoms with Crippen LogP contribution < -0.4 is 15.2 Å². The molecule has 0 bridgehead atoms. The van der Waals surface area contributed by atoms with Gasteiger partial charge in [0, 0.05) is 12.6 Å². The molecule has 0 saturated heterocycles. The maximum Gasteiger partial charge on any atom is 0.241 e. The fraction of sp³-hybridized carbons (Fsp3) is 0.455. The number of halogens is 1. The van der Waals surface area contributed by atoms with Gasteiger partial charge in [0.2, 0.25) is 10.0 Å². The number of sulfonamides is 1. The quantitative estimate of drug-likeness (QED) is 0.857. The van der Waals surface area contributed by atoms with Gasteiger partial charge in [-0.2, -0.15) is 0 Å². The topological polar surface area (TPSA) is 81.4 Å². The van der Waals surface area contributed by atoms with Gasteiger partial charge in [-0.15, -0.1) is 0 Å². The Hall–Kier alpha value is -0.820. The highest BCUT2D eigenvalue weighted by Gasteiger charge is 2.20. The Morgan fingerprint density at radius 1 is 1.50 bits per heavy atom. The molecule has 0 amide bonds. The molecule has 0 saturated carbocycles. The lowest BCUT2D eigenvalue weighted by Crippen LogP contribution is -2.38. The molecule has 0 aliphatic rings. The summed E-state index contributed by atoms with van der Waals surface area (Å²) in [5, 5.41) is 0.254. The number of hydrogen-bond acceptors (Lipinski definition) is 4. The Balaban J connectivity index is 3.21. The molecule has 0 aliphatic heterocycles. The molecular formula is C11H17ClN2O3S. The lowest BCUT2D eigenvalue weighted by Gasteiger charge is -2.15. The zero-order valence-corrected chi connectivity index (χ0v) is 12.1. The number of rotatable bonds is 5. The van der Waals surface area contributed by atoms with Gasteiger partial charge in [-0.05, 0) is 31.5 Å². The highest BCUT2D eigenvalue weighted by molar-refractivity contribution is 7.89. The smallest absolute Gasteiger partial charge is 0.241 e. The average Bonchev–Trinajstić information content (AvgIpc) is 2.30. The number of methoxy groups -OCH3 is 1. The minimum absolute atomic E-state index is 0.133. The van der Waals surface area contributed by atoms with E-state index in [9.17, 15) is 8.42 Å². The van der Waals surface area contributed by atoms with Crippen LogP contribution in [0.3, 0.4) is 0 Å². The number of benzene rings is 1. The molecule has 7 heteroatoms. The van der Waals surface area contributed by atoms with Crippen LogP contribution in [0.5, 0.6) is 5.75 Å². The Labute approximate surface area is 112 Å². The van der Waals surface area contributed by atoms with Crippen molar-refractivity contribution in [1.29, 1.82) is 0 Å². The molecule has 0 aromatic heterocycles. The molecule has 0 spiro atoms. The summed E-state index contributed by atoms with van der Waals surface area (Å²) < 4.78 is 31.7. The summed E-state index contributed by atoms with van der Waals surface area (Å²) in [6.45, 7) is 3.60. The van der Waals surface area contributed by atoms with Crippen LogP contribution in [0.4, 0.5) is 0 Å². The molecular weight excluding hydrogens is 276 g/mol.